The number of hydrogen-bond acceptors (Lipinski definition) is 2. The monoisotopic (exact) mass is 360 g/mol. The number of rotatable bonds is 2. The van der Waals surface area contributed by atoms with Crippen LogP contribution in [0, 0.1) is 47.3 Å². The van der Waals surface area contributed by atoms with Crippen LogP contribution in [0.3, 0.4) is 0 Å². The predicted octanol–water partition coefficient (Wildman–Crippen LogP) is 5.17. The third-order valence-electron chi connectivity index (χ3n) is 9.82. The summed E-state index contributed by atoms with van der Waals surface area (Å²) >= 11 is 0. The summed E-state index contributed by atoms with van der Waals surface area (Å²) in [4.78, 5) is 0. The molecule has 2 nitrogen and oxygen atoms in total. The Bertz CT molecular complexity index is 462. The van der Waals surface area contributed by atoms with Crippen molar-refractivity contribution in [3.63, 3.8) is 0 Å². The Balaban J connectivity index is 0.000000115. The van der Waals surface area contributed by atoms with Crippen LogP contribution in [0.2, 0.25) is 0 Å². The Labute approximate surface area is 160 Å². The van der Waals surface area contributed by atoms with Gasteiger partial charge in [0, 0.05) is 0 Å². The quantitative estimate of drug-likeness (QED) is 0.713. The Morgan fingerprint density at radius 3 is 1.12 bits per heavy atom. The average Bonchev–Trinajstić information content (AvgIpc) is 2.52. The standard InChI is InChI=1S/2C12H20O/c2*1-2-11-9-3-8-4-10(11)7-12(13,5-8)6-9/h2*8-11,13H,2-7H2,1H3. The second-order valence-electron chi connectivity index (χ2n) is 11.5. The summed E-state index contributed by atoms with van der Waals surface area (Å²) in [7, 11) is 0. The van der Waals surface area contributed by atoms with Crippen LogP contribution in [0.25, 0.3) is 0 Å². The van der Waals surface area contributed by atoms with Crippen molar-refractivity contribution in [2.24, 2.45) is 47.3 Å². The minimum atomic E-state index is -0.220. The van der Waals surface area contributed by atoms with Crippen molar-refractivity contribution in [1.82, 2.24) is 0 Å². The van der Waals surface area contributed by atoms with Crippen molar-refractivity contribution in [1.29, 1.82) is 0 Å². The fraction of sp³-hybridized carbons (Fsp3) is 1.00. The van der Waals surface area contributed by atoms with Gasteiger partial charge in [-0.1, -0.05) is 26.7 Å². The first kappa shape index (κ1) is 18.0. The van der Waals surface area contributed by atoms with Crippen molar-refractivity contribution in [3.8, 4) is 0 Å². The van der Waals surface area contributed by atoms with Gasteiger partial charge in [0.15, 0.2) is 0 Å². The minimum absolute atomic E-state index is 0.220. The Hall–Kier alpha value is -0.0800. The van der Waals surface area contributed by atoms with Gasteiger partial charge in [0.05, 0.1) is 11.2 Å². The molecular weight excluding hydrogens is 320 g/mol. The van der Waals surface area contributed by atoms with Crippen molar-refractivity contribution >= 4 is 0 Å². The van der Waals surface area contributed by atoms with Gasteiger partial charge in [-0.05, 0) is 112 Å². The van der Waals surface area contributed by atoms with Crippen LogP contribution in [0.4, 0.5) is 0 Å². The van der Waals surface area contributed by atoms with E-state index in [9.17, 15) is 10.2 Å². The highest BCUT2D eigenvalue weighted by Gasteiger charge is 2.54. The molecule has 2 N–H and O–H groups in total. The SMILES string of the molecule is CCC1C2CC3CC1CC(O)(C3)C2.CCC1C2CC3CC1CC(O)(C3)C2. The maximum absolute atomic E-state index is 10.3. The molecule has 148 valence electrons. The van der Waals surface area contributed by atoms with E-state index >= 15 is 0 Å². The zero-order valence-corrected chi connectivity index (χ0v) is 17.0. The molecule has 0 radical (unpaired) electrons. The summed E-state index contributed by atoms with van der Waals surface area (Å²) in [6.45, 7) is 4.66. The molecule has 8 aliphatic carbocycles. The molecule has 26 heavy (non-hydrogen) atoms. The van der Waals surface area contributed by atoms with Crippen LogP contribution in [0.1, 0.15) is 90.9 Å². The zero-order chi connectivity index (χ0) is 18.1. The molecular formula is C24H40O2. The number of hydrogen-bond donors (Lipinski definition) is 2. The van der Waals surface area contributed by atoms with Crippen LogP contribution in [-0.2, 0) is 0 Å². The van der Waals surface area contributed by atoms with Crippen molar-refractivity contribution in [2.75, 3.05) is 0 Å². The van der Waals surface area contributed by atoms with Crippen molar-refractivity contribution in [3.05, 3.63) is 0 Å². The molecule has 0 saturated heterocycles. The highest BCUT2D eigenvalue weighted by molar-refractivity contribution is 5.06. The molecule has 0 amide bonds. The van der Waals surface area contributed by atoms with Gasteiger partial charge in [0.1, 0.15) is 0 Å². The van der Waals surface area contributed by atoms with Gasteiger partial charge in [0.25, 0.3) is 0 Å². The summed E-state index contributed by atoms with van der Waals surface area (Å²) in [6, 6.07) is 0. The summed E-state index contributed by atoms with van der Waals surface area (Å²) in [6.07, 6.45) is 15.1. The Morgan fingerprint density at radius 2 is 0.885 bits per heavy atom. The van der Waals surface area contributed by atoms with E-state index in [-0.39, 0.29) is 11.2 Å². The molecule has 8 saturated carbocycles. The largest absolute Gasteiger partial charge is 0.390 e. The zero-order valence-electron chi connectivity index (χ0n) is 17.0. The molecule has 0 aliphatic heterocycles. The van der Waals surface area contributed by atoms with Crippen molar-refractivity contribution in [2.45, 2.75) is 102 Å². The van der Waals surface area contributed by atoms with Crippen LogP contribution in [0.15, 0.2) is 0 Å². The van der Waals surface area contributed by atoms with Gasteiger partial charge >= 0.3 is 0 Å². The molecule has 0 aromatic rings. The lowest BCUT2D eigenvalue weighted by Crippen LogP contribution is -2.54. The maximum atomic E-state index is 10.3. The Kier molecular flexibility index (Phi) is 4.29. The van der Waals surface area contributed by atoms with Crippen LogP contribution >= 0.6 is 0 Å². The van der Waals surface area contributed by atoms with Gasteiger partial charge in [-0.3, -0.25) is 0 Å². The van der Waals surface area contributed by atoms with E-state index in [2.05, 4.69) is 13.8 Å². The summed E-state index contributed by atoms with van der Waals surface area (Å²) in [5.41, 5.74) is -0.440. The molecule has 0 spiro atoms. The second-order valence-corrected chi connectivity index (χ2v) is 11.5. The molecule has 4 unspecified atom stereocenters. The first-order valence-corrected chi connectivity index (χ1v) is 11.8. The van der Waals surface area contributed by atoms with E-state index in [1.165, 1.54) is 38.5 Å². The van der Waals surface area contributed by atoms with Crippen LogP contribution < -0.4 is 0 Å². The smallest absolute Gasteiger partial charge is 0.0656 e. The first-order valence-electron chi connectivity index (χ1n) is 11.8. The van der Waals surface area contributed by atoms with E-state index in [0.29, 0.717) is 0 Å². The van der Waals surface area contributed by atoms with Gasteiger partial charge in [0.2, 0.25) is 0 Å². The Morgan fingerprint density at radius 1 is 0.577 bits per heavy atom. The molecule has 8 bridgehead atoms. The predicted molar refractivity (Wildman–Crippen MR) is 105 cm³/mol. The lowest BCUT2D eigenvalue weighted by molar-refractivity contribution is -0.152. The van der Waals surface area contributed by atoms with E-state index in [1.54, 1.807) is 0 Å². The molecule has 8 fully saturated rings. The fourth-order valence-electron chi connectivity index (χ4n) is 9.51. The highest BCUT2D eigenvalue weighted by atomic mass is 16.3. The van der Waals surface area contributed by atoms with Gasteiger partial charge in [-0.15, -0.1) is 0 Å². The lowest BCUT2D eigenvalue weighted by Gasteiger charge is -2.58. The van der Waals surface area contributed by atoms with Gasteiger partial charge < -0.3 is 10.2 Å². The summed E-state index contributed by atoms with van der Waals surface area (Å²) in [5, 5.41) is 20.6. The van der Waals surface area contributed by atoms with E-state index in [0.717, 1.165) is 85.9 Å². The number of aliphatic hydroxyl groups is 2. The van der Waals surface area contributed by atoms with E-state index in [4.69, 9.17) is 0 Å². The molecule has 4 atom stereocenters. The topological polar surface area (TPSA) is 40.5 Å². The van der Waals surface area contributed by atoms with Gasteiger partial charge in [-0.2, -0.15) is 0 Å². The molecule has 0 heterocycles. The molecule has 8 rings (SSSR count). The average molecular weight is 361 g/mol. The first-order chi connectivity index (χ1) is 12.4. The summed E-state index contributed by atoms with van der Waals surface area (Å²) < 4.78 is 0. The van der Waals surface area contributed by atoms with E-state index < -0.39 is 0 Å². The molecule has 0 aromatic heterocycles. The molecule has 2 heteroatoms. The van der Waals surface area contributed by atoms with E-state index in [1.807, 2.05) is 0 Å². The molecule has 8 aliphatic rings. The summed E-state index contributed by atoms with van der Waals surface area (Å²) in [5.74, 6) is 7.18. The third kappa shape index (κ3) is 2.89. The molecule has 0 aromatic carbocycles. The maximum Gasteiger partial charge on any atom is 0.0656 e. The second kappa shape index (κ2) is 6.21. The van der Waals surface area contributed by atoms with Crippen LogP contribution in [-0.4, -0.2) is 21.4 Å². The van der Waals surface area contributed by atoms with Crippen molar-refractivity contribution < 1.29 is 10.2 Å². The minimum Gasteiger partial charge on any atom is -0.390 e. The fourth-order valence-corrected chi connectivity index (χ4v) is 9.51. The third-order valence-corrected chi connectivity index (χ3v) is 9.82. The lowest BCUT2D eigenvalue weighted by atomic mass is 9.50. The highest BCUT2D eigenvalue weighted by Crippen LogP contribution is 2.60. The van der Waals surface area contributed by atoms with Gasteiger partial charge in [-0.25, -0.2) is 0 Å². The normalized spacial score (nSPS) is 58.6. The van der Waals surface area contributed by atoms with Crippen LogP contribution in [0.5, 0.6) is 0 Å².